The first-order valence-electron chi connectivity index (χ1n) is 5.99. The van der Waals surface area contributed by atoms with Gasteiger partial charge in [0.1, 0.15) is 5.82 Å². The van der Waals surface area contributed by atoms with Crippen LogP contribution in [-0.4, -0.2) is 29.9 Å². The molecule has 0 spiro atoms. The molecule has 1 amide bonds. The van der Waals surface area contributed by atoms with Gasteiger partial charge in [0.05, 0.1) is 5.56 Å². The Morgan fingerprint density at radius 2 is 2.33 bits per heavy atom. The third-order valence-corrected chi connectivity index (χ3v) is 4.36. The van der Waals surface area contributed by atoms with E-state index in [4.69, 9.17) is 5.73 Å². The van der Waals surface area contributed by atoms with Gasteiger partial charge in [-0.3, -0.25) is 4.79 Å². The lowest BCUT2D eigenvalue weighted by Gasteiger charge is -2.22. The summed E-state index contributed by atoms with van der Waals surface area (Å²) in [5.74, 6) is -0.112. The van der Waals surface area contributed by atoms with E-state index in [1.165, 1.54) is 12.1 Å². The molecule has 2 N–H and O–H groups in total. The fourth-order valence-electron chi connectivity index (χ4n) is 2.41. The van der Waals surface area contributed by atoms with E-state index in [-0.39, 0.29) is 17.8 Å². The molecular formula is C13H16FIN2O. The van der Waals surface area contributed by atoms with Crippen molar-refractivity contribution < 1.29 is 9.18 Å². The van der Waals surface area contributed by atoms with Gasteiger partial charge in [-0.25, -0.2) is 4.39 Å². The molecule has 3 nitrogen and oxygen atoms in total. The number of hydrogen-bond acceptors (Lipinski definition) is 2. The van der Waals surface area contributed by atoms with Crippen LogP contribution in [0.5, 0.6) is 0 Å². The van der Waals surface area contributed by atoms with Gasteiger partial charge in [0, 0.05) is 16.2 Å². The Kier molecular flexibility index (Phi) is 4.21. The molecule has 0 bridgehead atoms. The van der Waals surface area contributed by atoms with Crippen LogP contribution >= 0.6 is 22.6 Å². The Morgan fingerprint density at radius 1 is 1.61 bits per heavy atom. The first-order valence-corrected chi connectivity index (χ1v) is 7.07. The summed E-state index contributed by atoms with van der Waals surface area (Å²) >= 11 is 2.06. The molecule has 1 aliphatic heterocycles. The predicted molar refractivity (Wildman–Crippen MR) is 76.8 cm³/mol. The molecule has 1 heterocycles. The molecule has 98 valence electrons. The molecule has 1 aliphatic rings. The Morgan fingerprint density at radius 3 is 2.94 bits per heavy atom. The highest BCUT2D eigenvalue weighted by atomic mass is 127. The minimum atomic E-state index is -0.374. The van der Waals surface area contributed by atoms with Crippen molar-refractivity contribution >= 4 is 28.5 Å². The standard InChI is InChI=1S/C13H16FIN2O/c1-8-4-9(6-16)7-17(8)13(18)11-5-10(14)2-3-12(11)15/h2-3,5,8-9H,4,6-7,16H2,1H3. The molecule has 5 heteroatoms. The summed E-state index contributed by atoms with van der Waals surface area (Å²) < 4.78 is 14.0. The molecular weight excluding hydrogens is 346 g/mol. The van der Waals surface area contributed by atoms with Gasteiger partial charge in [0.15, 0.2) is 0 Å². The second-order valence-electron chi connectivity index (χ2n) is 4.77. The Hall–Kier alpha value is -0.690. The van der Waals surface area contributed by atoms with Crippen molar-refractivity contribution in [1.29, 1.82) is 0 Å². The molecule has 2 unspecified atom stereocenters. The summed E-state index contributed by atoms with van der Waals surface area (Å²) in [7, 11) is 0. The van der Waals surface area contributed by atoms with E-state index < -0.39 is 0 Å². The summed E-state index contributed by atoms with van der Waals surface area (Å²) in [4.78, 5) is 14.2. The molecule has 0 saturated carbocycles. The zero-order valence-corrected chi connectivity index (χ0v) is 12.4. The van der Waals surface area contributed by atoms with E-state index >= 15 is 0 Å². The van der Waals surface area contributed by atoms with Crippen molar-refractivity contribution in [3.63, 3.8) is 0 Å². The predicted octanol–water partition coefficient (Wildman–Crippen LogP) is 2.24. The average molecular weight is 362 g/mol. The lowest BCUT2D eigenvalue weighted by Crippen LogP contribution is -2.35. The topological polar surface area (TPSA) is 46.3 Å². The van der Waals surface area contributed by atoms with Gasteiger partial charge < -0.3 is 10.6 Å². The molecule has 1 aromatic rings. The number of benzene rings is 1. The number of halogens is 2. The van der Waals surface area contributed by atoms with Crippen molar-refractivity contribution in [1.82, 2.24) is 4.90 Å². The van der Waals surface area contributed by atoms with Gasteiger partial charge in [-0.1, -0.05) is 0 Å². The van der Waals surface area contributed by atoms with Crippen LogP contribution in [0.4, 0.5) is 4.39 Å². The Labute approximate surface area is 120 Å². The van der Waals surface area contributed by atoms with Crippen molar-refractivity contribution in [2.24, 2.45) is 11.7 Å². The van der Waals surface area contributed by atoms with Crippen LogP contribution in [0.15, 0.2) is 18.2 Å². The molecule has 0 aliphatic carbocycles. The maximum Gasteiger partial charge on any atom is 0.255 e. The summed E-state index contributed by atoms with van der Waals surface area (Å²) in [6.07, 6.45) is 0.925. The number of rotatable bonds is 2. The van der Waals surface area contributed by atoms with Crippen LogP contribution in [0.1, 0.15) is 23.7 Å². The van der Waals surface area contributed by atoms with E-state index in [2.05, 4.69) is 22.6 Å². The monoisotopic (exact) mass is 362 g/mol. The van der Waals surface area contributed by atoms with E-state index in [0.29, 0.717) is 24.6 Å². The Bertz CT molecular complexity index is 466. The number of amides is 1. The third-order valence-electron chi connectivity index (χ3n) is 3.41. The van der Waals surface area contributed by atoms with Gasteiger partial charge in [0.2, 0.25) is 0 Å². The molecule has 2 rings (SSSR count). The highest BCUT2D eigenvalue weighted by Crippen LogP contribution is 2.25. The van der Waals surface area contributed by atoms with Crippen molar-refractivity contribution in [2.45, 2.75) is 19.4 Å². The lowest BCUT2D eigenvalue weighted by atomic mass is 10.1. The number of nitrogens with zero attached hydrogens (tertiary/aromatic N) is 1. The first-order chi connectivity index (χ1) is 8.52. The SMILES string of the molecule is CC1CC(CN)CN1C(=O)c1cc(F)ccc1I. The zero-order valence-electron chi connectivity index (χ0n) is 10.2. The maximum absolute atomic E-state index is 13.2. The second kappa shape index (κ2) is 5.52. The van der Waals surface area contributed by atoms with Gasteiger partial charge >= 0.3 is 0 Å². The molecule has 1 aromatic carbocycles. The molecule has 0 radical (unpaired) electrons. The summed E-state index contributed by atoms with van der Waals surface area (Å²) in [5, 5.41) is 0. The smallest absolute Gasteiger partial charge is 0.255 e. The molecule has 1 saturated heterocycles. The normalized spacial score (nSPS) is 23.4. The molecule has 0 aromatic heterocycles. The van der Waals surface area contributed by atoms with Gasteiger partial charge in [-0.15, -0.1) is 0 Å². The van der Waals surface area contributed by atoms with Crippen LogP contribution in [-0.2, 0) is 0 Å². The number of likely N-dealkylation sites (tertiary alicyclic amines) is 1. The van der Waals surface area contributed by atoms with Crippen molar-refractivity contribution in [3.05, 3.63) is 33.1 Å². The zero-order chi connectivity index (χ0) is 13.3. The van der Waals surface area contributed by atoms with Gasteiger partial charge in [-0.2, -0.15) is 0 Å². The van der Waals surface area contributed by atoms with E-state index in [1.807, 2.05) is 6.92 Å². The summed E-state index contributed by atoms with van der Waals surface area (Å²) in [5.41, 5.74) is 6.10. The molecule has 1 fully saturated rings. The van der Waals surface area contributed by atoms with Gasteiger partial charge in [0.25, 0.3) is 5.91 Å². The molecule has 18 heavy (non-hydrogen) atoms. The summed E-state index contributed by atoms with van der Waals surface area (Å²) in [6.45, 7) is 3.27. The number of nitrogens with two attached hydrogens (primary N) is 1. The average Bonchev–Trinajstić information content (AvgIpc) is 2.73. The Balaban J connectivity index is 2.24. The van der Waals surface area contributed by atoms with Crippen molar-refractivity contribution in [2.75, 3.05) is 13.1 Å². The highest BCUT2D eigenvalue weighted by molar-refractivity contribution is 14.1. The largest absolute Gasteiger partial charge is 0.336 e. The van der Waals surface area contributed by atoms with Crippen molar-refractivity contribution in [3.8, 4) is 0 Å². The quantitative estimate of drug-likeness (QED) is 0.821. The minimum Gasteiger partial charge on any atom is -0.336 e. The number of hydrogen-bond donors (Lipinski definition) is 1. The molecule has 2 atom stereocenters. The van der Waals surface area contributed by atoms with E-state index in [0.717, 1.165) is 9.99 Å². The highest BCUT2D eigenvalue weighted by Gasteiger charge is 2.32. The van der Waals surface area contributed by atoms with Crippen LogP contribution in [0.25, 0.3) is 0 Å². The maximum atomic E-state index is 13.2. The minimum absolute atomic E-state index is 0.0950. The number of carbonyl (C=O) groups is 1. The van der Waals surface area contributed by atoms with E-state index in [1.54, 1.807) is 11.0 Å². The van der Waals surface area contributed by atoms with Crippen LogP contribution in [0, 0.1) is 15.3 Å². The van der Waals surface area contributed by atoms with Gasteiger partial charge in [-0.05, 0) is 66.6 Å². The number of carbonyl (C=O) groups excluding carboxylic acids is 1. The second-order valence-corrected chi connectivity index (χ2v) is 5.93. The first kappa shape index (κ1) is 13.7. The van der Waals surface area contributed by atoms with E-state index in [9.17, 15) is 9.18 Å². The van der Waals surface area contributed by atoms with Crippen LogP contribution in [0.2, 0.25) is 0 Å². The van der Waals surface area contributed by atoms with Crippen LogP contribution < -0.4 is 5.73 Å². The third kappa shape index (κ3) is 2.66. The van der Waals surface area contributed by atoms with Crippen LogP contribution in [0.3, 0.4) is 0 Å². The summed E-state index contributed by atoms with van der Waals surface area (Å²) in [6, 6.07) is 4.48. The fraction of sp³-hybridized carbons (Fsp3) is 0.462. The lowest BCUT2D eigenvalue weighted by molar-refractivity contribution is 0.0742. The fourth-order valence-corrected chi connectivity index (χ4v) is 2.98.